The van der Waals surface area contributed by atoms with Crippen molar-refractivity contribution in [1.82, 2.24) is 0 Å². The van der Waals surface area contributed by atoms with Crippen LogP contribution in [0.4, 0.5) is 0 Å². The third-order valence-electron chi connectivity index (χ3n) is 5.31. The quantitative estimate of drug-likeness (QED) is 0.232. The molecule has 0 heterocycles. The molecule has 0 fully saturated rings. The minimum atomic E-state index is -0.276. The largest absolute Gasteiger partial charge is 0.458 e. The van der Waals surface area contributed by atoms with Crippen LogP contribution in [0.2, 0.25) is 0 Å². The van der Waals surface area contributed by atoms with Gasteiger partial charge in [0.15, 0.2) is 0 Å². The van der Waals surface area contributed by atoms with Gasteiger partial charge >= 0.3 is 5.97 Å². The molecule has 0 saturated carbocycles. The van der Waals surface area contributed by atoms with Crippen molar-refractivity contribution in [3.63, 3.8) is 0 Å². The van der Waals surface area contributed by atoms with Crippen LogP contribution in [0.15, 0.2) is 97.1 Å². The van der Waals surface area contributed by atoms with Gasteiger partial charge in [0, 0.05) is 12.3 Å². The second-order valence-electron chi connectivity index (χ2n) is 8.19. The standard InChI is InChI=1S/C28H30O2/c1-20(2)19-26(21(3)4)30-28(29)25-18-12-11-17-24(25)27(22-13-7-5-8-14-22)23-15-9-6-10-16-23/h5-18,21,26-27H,1,19H2,2-4H3/t26-/m0/s1. The molecule has 0 unspecified atom stereocenters. The Morgan fingerprint density at radius 2 is 1.33 bits per heavy atom. The minimum Gasteiger partial charge on any atom is -0.458 e. The highest BCUT2D eigenvalue weighted by molar-refractivity contribution is 5.92. The molecular formula is C28H30O2. The number of hydrogen-bond donors (Lipinski definition) is 0. The van der Waals surface area contributed by atoms with E-state index in [2.05, 4.69) is 44.7 Å². The molecule has 0 bridgehead atoms. The lowest BCUT2D eigenvalue weighted by atomic mass is 9.83. The lowest BCUT2D eigenvalue weighted by Gasteiger charge is -2.24. The summed E-state index contributed by atoms with van der Waals surface area (Å²) in [6, 6.07) is 28.4. The van der Waals surface area contributed by atoms with Crippen molar-refractivity contribution in [2.45, 2.75) is 39.2 Å². The van der Waals surface area contributed by atoms with Gasteiger partial charge in [0.05, 0.1) is 5.56 Å². The fourth-order valence-corrected chi connectivity index (χ4v) is 3.74. The Hall–Kier alpha value is -3.13. The highest BCUT2D eigenvalue weighted by Gasteiger charge is 2.25. The summed E-state index contributed by atoms with van der Waals surface area (Å²) in [6.45, 7) is 10.1. The van der Waals surface area contributed by atoms with E-state index in [1.807, 2.05) is 67.6 Å². The summed E-state index contributed by atoms with van der Waals surface area (Å²) in [6.07, 6.45) is 0.488. The van der Waals surface area contributed by atoms with Gasteiger partial charge < -0.3 is 4.74 Å². The smallest absolute Gasteiger partial charge is 0.338 e. The van der Waals surface area contributed by atoms with Crippen molar-refractivity contribution in [3.05, 3.63) is 119 Å². The van der Waals surface area contributed by atoms with Gasteiger partial charge in [-0.2, -0.15) is 0 Å². The number of hydrogen-bond acceptors (Lipinski definition) is 2. The molecule has 0 radical (unpaired) electrons. The molecule has 0 aromatic heterocycles. The highest BCUT2D eigenvalue weighted by Crippen LogP contribution is 2.34. The molecule has 0 saturated heterocycles. The van der Waals surface area contributed by atoms with Crippen LogP contribution in [0.1, 0.15) is 60.2 Å². The molecule has 2 nitrogen and oxygen atoms in total. The summed E-state index contributed by atoms with van der Waals surface area (Å²) < 4.78 is 5.97. The average molecular weight is 399 g/mol. The van der Waals surface area contributed by atoms with Gasteiger partial charge in [-0.1, -0.05) is 98.3 Å². The van der Waals surface area contributed by atoms with Gasteiger partial charge in [0.1, 0.15) is 6.10 Å². The third kappa shape index (κ3) is 5.27. The maximum absolute atomic E-state index is 13.3. The molecule has 2 heteroatoms. The minimum absolute atomic E-state index is 0.0465. The van der Waals surface area contributed by atoms with E-state index in [1.54, 1.807) is 0 Å². The van der Waals surface area contributed by atoms with E-state index in [4.69, 9.17) is 4.74 Å². The lowest BCUT2D eigenvalue weighted by Crippen LogP contribution is -2.25. The first-order chi connectivity index (χ1) is 14.5. The first-order valence-electron chi connectivity index (χ1n) is 10.5. The van der Waals surface area contributed by atoms with Crippen LogP contribution in [0, 0.1) is 5.92 Å². The molecular weight excluding hydrogens is 368 g/mol. The Balaban J connectivity index is 2.03. The molecule has 3 aromatic carbocycles. The zero-order valence-electron chi connectivity index (χ0n) is 18.0. The van der Waals surface area contributed by atoms with Crippen LogP contribution < -0.4 is 0 Å². The predicted octanol–water partition coefficient (Wildman–Crippen LogP) is 7.01. The van der Waals surface area contributed by atoms with Crippen molar-refractivity contribution in [3.8, 4) is 0 Å². The SMILES string of the molecule is C=C(C)C[C@H](OC(=O)c1ccccc1C(c1ccccc1)c1ccccc1)C(C)C. The molecule has 1 atom stereocenters. The average Bonchev–Trinajstić information content (AvgIpc) is 2.75. The summed E-state index contributed by atoms with van der Waals surface area (Å²) in [4.78, 5) is 13.3. The molecule has 0 amide bonds. The van der Waals surface area contributed by atoms with Crippen LogP contribution in [-0.4, -0.2) is 12.1 Å². The molecule has 30 heavy (non-hydrogen) atoms. The van der Waals surface area contributed by atoms with Crippen molar-refractivity contribution in [2.24, 2.45) is 5.92 Å². The van der Waals surface area contributed by atoms with E-state index >= 15 is 0 Å². The Morgan fingerprint density at radius 1 is 0.833 bits per heavy atom. The molecule has 0 aliphatic rings. The lowest BCUT2D eigenvalue weighted by molar-refractivity contribution is 0.0185. The summed E-state index contributed by atoms with van der Waals surface area (Å²) in [5.41, 5.74) is 4.87. The molecule has 3 rings (SSSR count). The van der Waals surface area contributed by atoms with Gasteiger partial charge in [-0.05, 0) is 35.6 Å². The molecule has 0 aliphatic carbocycles. The highest BCUT2D eigenvalue weighted by atomic mass is 16.5. The van der Waals surface area contributed by atoms with E-state index in [0.717, 1.165) is 22.3 Å². The van der Waals surface area contributed by atoms with E-state index in [-0.39, 0.29) is 23.9 Å². The zero-order valence-corrected chi connectivity index (χ0v) is 18.0. The van der Waals surface area contributed by atoms with Gasteiger partial charge in [-0.3, -0.25) is 0 Å². The van der Waals surface area contributed by atoms with Crippen molar-refractivity contribution >= 4 is 5.97 Å². The number of ether oxygens (including phenoxy) is 1. The Morgan fingerprint density at radius 3 is 1.83 bits per heavy atom. The fourth-order valence-electron chi connectivity index (χ4n) is 3.74. The maximum atomic E-state index is 13.3. The summed E-state index contributed by atoms with van der Waals surface area (Å²) >= 11 is 0. The molecule has 0 N–H and O–H groups in total. The second kappa shape index (κ2) is 10.1. The van der Waals surface area contributed by atoms with Gasteiger partial charge in [-0.25, -0.2) is 4.79 Å². The Labute approximate surface area is 180 Å². The van der Waals surface area contributed by atoms with E-state index in [1.165, 1.54) is 0 Å². The van der Waals surface area contributed by atoms with Crippen molar-refractivity contribution in [2.75, 3.05) is 0 Å². The van der Waals surface area contributed by atoms with E-state index in [0.29, 0.717) is 12.0 Å². The molecule has 0 aliphatic heterocycles. The number of carbonyl (C=O) groups excluding carboxylic acids is 1. The van der Waals surface area contributed by atoms with Crippen LogP contribution in [-0.2, 0) is 4.74 Å². The fraction of sp³-hybridized carbons (Fsp3) is 0.250. The zero-order chi connectivity index (χ0) is 21.5. The summed E-state index contributed by atoms with van der Waals surface area (Å²) in [5, 5.41) is 0. The monoisotopic (exact) mass is 398 g/mol. The second-order valence-corrected chi connectivity index (χ2v) is 8.19. The normalized spacial score (nSPS) is 12.0. The van der Waals surface area contributed by atoms with Crippen molar-refractivity contribution in [1.29, 1.82) is 0 Å². The third-order valence-corrected chi connectivity index (χ3v) is 5.31. The Kier molecular flexibility index (Phi) is 7.24. The molecule has 0 spiro atoms. The first kappa shape index (κ1) is 21.6. The first-order valence-corrected chi connectivity index (χ1v) is 10.5. The van der Waals surface area contributed by atoms with E-state index < -0.39 is 0 Å². The molecule has 3 aromatic rings. The molecule has 154 valence electrons. The van der Waals surface area contributed by atoms with Gasteiger partial charge in [0.2, 0.25) is 0 Å². The summed E-state index contributed by atoms with van der Waals surface area (Å²) in [5.74, 6) is -0.103. The number of esters is 1. The van der Waals surface area contributed by atoms with Gasteiger partial charge in [-0.15, -0.1) is 6.58 Å². The van der Waals surface area contributed by atoms with Crippen LogP contribution in [0.3, 0.4) is 0 Å². The van der Waals surface area contributed by atoms with Crippen LogP contribution >= 0.6 is 0 Å². The Bertz CT molecular complexity index is 934. The van der Waals surface area contributed by atoms with Crippen LogP contribution in [0.5, 0.6) is 0 Å². The summed E-state index contributed by atoms with van der Waals surface area (Å²) in [7, 11) is 0. The van der Waals surface area contributed by atoms with Crippen LogP contribution in [0.25, 0.3) is 0 Å². The number of benzene rings is 3. The van der Waals surface area contributed by atoms with Gasteiger partial charge in [0.25, 0.3) is 0 Å². The maximum Gasteiger partial charge on any atom is 0.338 e. The van der Waals surface area contributed by atoms with E-state index in [9.17, 15) is 4.79 Å². The van der Waals surface area contributed by atoms with Crippen molar-refractivity contribution < 1.29 is 9.53 Å². The number of rotatable bonds is 8. The predicted molar refractivity (Wildman–Crippen MR) is 124 cm³/mol. The topological polar surface area (TPSA) is 26.3 Å². The number of carbonyl (C=O) groups is 1.